The Balaban J connectivity index is 0.774. The second kappa shape index (κ2) is 28.2. The van der Waals surface area contributed by atoms with Gasteiger partial charge in [-0.2, -0.15) is 0 Å². The van der Waals surface area contributed by atoms with Crippen LogP contribution >= 0.6 is 0 Å². The molecule has 16 aromatic carbocycles. The van der Waals surface area contributed by atoms with Crippen LogP contribution in [0.5, 0.6) is 0 Å². The molecule has 2 aliphatic rings. The molecule has 0 radical (unpaired) electrons. The number of aromatic nitrogens is 6. The van der Waals surface area contributed by atoms with Crippen LogP contribution in [0.15, 0.2) is 303 Å². The summed E-state index contributed by atoms with van der Waals surface area (Å²) < 4.78 is 15.5. The third kappa shape index (κ3) is 12.6. The molecule has 0 atom stereocenters. The highest BCUT2D eigenvalue weighted by atomic mass is 15.0. The number of benzene rings is 16. The normalized spacial score (nSPS) is 14.0. The molecule has 2 aliphatic carbocycles. The number of nitrogens with zero attached hydrogens (tertiary/aromatic N) is 6. The summed E-state index contributed by atoms with van der Waals surface area (Å²) in [5.74, 6) is 0. The summed E-state index contributed by atoms with van der Waals surface area (Å²) in [7, 11) is 0. The molecule has 1 spiro atoms. The van der Waals surface area contributed by atoms with Crippen LogP contribution in [0.3, 0.4) is 0 Å². The predicted octanol–water partition coefficient (Wildman–Crippen LogP) is 35.0. The second-order valence-corrected chi connectivity index (χ2v) is 48.0. The van der Waals surface area contributed by atoms with E-state index in [4.69, 9.17) is 0 Å². The van der Waals surface area contributed by atoms with Crippen molar-refractivity contribution in [2.75, 3.05) is 0 Å². The van der Waals surface area contributed by atoms with Gasteiger partial charge in [0.2, 0.25) is 0 Å². The van der Waals surface area contributed by atoms with Gasteiger partial charge in [0.15, 0.2) is 0 Å². The Labute approximate surface area is 794 Å². The molecule has 6 aromatic heterocycles. The average Bonchev–Trinajstić information content (AvgIpc) is 1.50. The topological polar surface area (TPSA) is 29.6 Å². The SMILES string of the molecule is CC(C)(C)c1ccc2c(c1)c1cc(C(C)(C)C)ccc1n2-c1ccc2c3ccc(-n4c5ccc(C(C)(C)C)cc5c5cc(C(C)(C)C)ccc54)cc3n(-c3ccc4c(c3)C3(c5ccccc5-c5ccccc53)c3cc(-n5c6cc(-n7c8ccc(C(C)(C)C)cc8c8cc(C(C)(C)C)ccc87)ccc6c6ccc(-n7c8ccc(C(C)(C)C)cc8c8cc(C(C)(C)C)ccc87)cc65)ccc3-4)c2c1. The van der Waals surface area contributed by atoms with Gasteiger partial charge >= 0.3 is 0 Å². The fourth-order valence-corrected chi connectivity index (χ4v) is 23.4. The van der Waals surface area contributed by atoms with Crippen molar-refractivity contribution in [2.45, 2.75) is 215 Å². The van der Waals surface area contributed by atoms with Gasteiger partial charge in [0.25, 0.3) is 0 Å². The number of fused-ring (bicyclic) bond motifs is 28. The first kappa shape index (κ1) is 84.3. The summed E-state index contributed by atoms with van der Waals surface area (Å²) in [6, 6.07) is 121. The average molecular weight is 1760 g/mol. The van der Waals surface area contributed by atoms with Crippen LogP contribution in [0.2, 0.25) is 0 Å². The van der Waals surface area contributed by atoms with E-state index in [-0.39, 0.29) is 43.3 Å². The van der Waals surface area contributed by atoms with Crippen LogP contribution in [-0.2, 0) is 48.7 Å². The monoisotopic (exact) mass is 1750 g/mol. The third-order valence-electron chi connectivity index (χ3n) is 31.1. The van der Waals surface area contributed by atoms with E-state index in [1.165, 1.54) is 198 Å². The molecule has 22 aromatic rings. The van der Waals surface area contributed by atoms with Crippen LogP contribution in [0, 0.1) is 0 Å². The lowest BCUT2D eigenvalue weighted by Crippen LogP contribution is -2.26. The lowest BCUT2D eigenvalue weighted by atomic mass is 9.70. The van der Waals surface area contributed by atoms with Crippen molar-refractivity contribution in [1.29, 1.82) is 0 Å². The molecule has 0 N–H and O–H groups in total. The minimum atomic E-state index is -0.781. The molecule has 6 heterocycles. The summed E-state index contributed by atoms with van der Waals surface area (Å²) in [4.78, 5) is 0. The van der Waals surface area contributed by atoms with E-state index < -0.39 is 5.41 Å². The summed E-state index contributed by atoms with van der Waals surface area (Å²) in [6.07, 6.45) is 0. The van der Waals surface area contributed by atoms with E-state index in [0.717, 1.165) is 56.2 Å². The quantitative estimate of drug-likeness (QED) is 0.159. The van der Waals surface area contributed by atoms with Crippen LogP contribution in [0.25, 0.3) is 187 Å². The first-order valence-corrected chi connectivity index (χ1v) is 49.0. The van der Waals surface area contributed by atoms with Crippen molar-refractivity contribution in [3.63, 3.8) is 0 Å². The minimum Gasteiger partial charge on any atom is -0.309 e. The molecule has 6 heteroatoms. The molecule has 6 nitrogen and oxygen atoms in total. The first-order chi connectivity index (χ1) is 64.0. The molecule has 668 valence electrons. The molecule has 135 heavy (non-hydrogen) atoms. The number of hydrogen-bond donors (Lipinski definition) is 0. The molecule has 24 rings (SSSR count). The van der Waals surface area contributed by atoms with E-state index in [1.54, 1.807) is 0 Å². The zero-order valence-electron chi connectivity index (χ0n) is 83.1. The largest absolute Gasteiger partial charge is 0.309 e. The number of hydrogen-bond acceptors (Lipinski definition) is 0. The first-order valence-electron chi connectivity index (χ1n) is 49.0. The van der Waals surface area contributed by atoms with Crippen LogP contribution in [-0.4, -0.2) is 27.4 Å². The third-order valence-corrected chi connectivity index (χ3v) is 31.1. The smallest absolute Gasteiger partial charge is 0.0727 e. The Morgan fingerprint density at radius 2 is 0.311 bits per heavy atom. The Morgan fingerprint density at radius 1 is 0.141 bits per heavy atom. The van der Waals surface area contributed by atoms with Gasteiger partial charge in [0.1, 0.15) is 0 Å². The van der Waals surface area contributed by atoms with E-state index in [9.17, 15) is 0 Å². The highest BCUT2D eigenvalue weighted by Gasteiger charge is 2.52. The summed E-state index contributed by atoms with van der Waals surface area (Å²) >= 11 is 0. The summed E-state index contributed by atoms with van der Waals surface area (Å²) in [6.45, 7) is 56.1. The van der Waals surface area contributed by atoms with Crippen LogP contribution < -0.4 is 0 Å². The predicted molar refractivity (Wildman–Crippen MR) is 578 cm³/mol. The zero-order valence-corrected chi connectivity index (χ0v) is 83.1. The standard InChI is InChI=1S/C129H122N6/c1-121(2,3)75-33-53-109-97(61-75)98-62-76(122(4,5)6)34-54-110(98)130(109)85-43-49-93-94-50-44-86(131-111-55-35-77(123(7,8)9)63-99(111)100-64-78(124(10,11)12)36-56-112(100)131)72-118(94)134(117(93)71-85)83-41-47-91-92-48-42-84(70-108(92)129(107(91)69-83)105-31-27-25-29-89(105)90-30-26-28-32-106(90)129)135-119-73-87(132-113-57-37-79(125(13,14)15)65-101(113)102-66-80(126(16,17)18)38-58-114(102)132)45-51-95(119)96-52-46-88(74-120(96)135)133-115-59-39-81(127(19,20)21)67-103(115)104-68-82(128(22,23)24)40-60-116(104)133/h25-74H,1-24H3. The van der Waals surface area contributed by atoms with Gasteiger partial charge in [-0.3, -0.25) is 0 Å². The van der Waals surface area contributed by atoms with E-state index >= 15 is 0 Å². The van der Waals surface area contributed by atoms with Crippen molar-refractivity contribution in [2.24, 2.45) is 0 Å². The Hall–Kier alpha value is -13.7. The molecule has 0 fully saturated rings. The minimum absolute atomic E-state index is 0.0503. The Morgan fingerprint density at radius 3 is 0.511 bits per heavy atom. The van der Waals surface area contributed by atoms with Crippen molar-refractivity contribution >= 4 is 131 Å². The Bertz CT molecular complexity index is 7700. The van der Waals surface area contributed by atoms with Gasteiger partial charge in [-0.25, -0.2) is 0 Å². The maximum atomic E-state index is 2.64. The molecule has 0 unspecified atom stereocenters. The zero-order chi connectivity index (χ0) is 93.9. The molecular weight excluding hydrogens is 1630 g/mol. The molecular formula is C129H122N6. The summed E-state index contributed by atoms with van der Waals surface area (Å²) in [5, 5.41) is 15.0. The highest BCUT2D eigenvalue weighted by Crippen LogP contribution is 2.64. The van der Waals surface area contributed by atoms with Crippen molar-refractivity contribution in [3.8, 4) is 56.4 Å². The van der Waals surface area contributed by atoms with Crippen LogP contribution in [0.4, 0.5) is 0 Å². The highest BCUT2D eigenvalue weighted by molar-refractivity contribution is 6.18. The fraction of sp³-hybridized carbons (Fsp3) is 0.256. The van der Waals surface area contributed by atoms with Gasteiger partial charge in [-0.15, -0.1) is 0 Å². The maximum absolute atomic E-state index is 2.64. The molecule has 0 aliphatic heterocycles. The van der Waals surface area contributed by atoms with Gasteiger partial charge in [0, 0.05) is 98.8 Å². The van der Waals surface area contributed by atoms with Gasteiger partial charge in [0.05, 0.1) is 71.6 Å². The lowest BCUT2D eigenvalue weighted by molar-refractivity contribution is 0.590. The van der Waals surface area contributed by atoms with Gasteiger partial charge < -0.3 is 27.4 Å². The van der Waals surface area contributed by atoms with Crippen LogP contribution in [0.1, 0.15) is 233 Å². The molecule has 0 saturated heterocycles. The molecule has 0 saturated carbocycles. The van der Waals surface area contributed by atoms with E-state index in [0.29, 0.717) is 0 Å². The van der Waals surface area contributed by atoms with E-state index in [1.807, 2.05) is 0 Å². The van der Waals surface area contributed by atoms with Gasteiger partial charge in [-0.05, 0) is 302 Å². The second-order valence-electron chi connectivity index (χ2n) is 48.0. The summed E-state index contributed by atoms with van der Waals surface area (Å²) in [5.41, 5.74) is 40.3. The van der Waals surface area contributed by atoms with Crippen molar-refractivity contribution in [3.05, 3.63) is 370 Å². The van der Waals surface area contributed by atoms with Crippen molar-refractivity contribution in [1.82, 2.24) is 27.4 Å². The lowest BCUT2D eigenvalue weighted by Gasteiger charge is -2.31. The van der Waals surface area contributed by atoms with E-state index in [2.05, 4.69) is 497 Å². The van der Waals surface area contributed by atoms with Crippen molar-refractivity contribution < 1.29 is 0 Å². The molecule has 0 amide bonds. The van der Waals surface area contributed by atoms with Gasteiger partial charge in [-0.1, -0.05) is 300 Å². The maximum Gasteiger partial charge on any atom is 0.0727 e. The Kier molecular flexibility index (Phi) is 17.6. The molecule has 0 bridgehead atoms. The fourth-order valence-electron chi connectivity index (χ4n) is 23.4. The number of rotatable bonds is 6.